The maximum absolute atomic E-state index is 11.6. The highest BCUT2D eigenvalue weighted by molar-refractivity contribution is 5.81. The molecular formula is C13H14O2. The van der Waals surface area contributed by atoms with Crippen LogP contribution >= 0.6 is 0 Å². The van der Waals surface area contributed by atoms with E-state index in [1.54, 1.807) is 6.07 Å². The topological polar surface area (TPSA) is 30.2 Å². The molecule has 2 rings (SSSR count). The van der Waals surface area contributed by atoms with Crippen molar-refractivity contribution in [3.63, 3.8) is 0 Å². The average molecular weight is 202 g/mol. The normalized spacial score (nSPS) is 11.1. The predicted octanol–water partition coefficient (Wildman–Crippen LogP) is 2.99. The summed E-state index contributed by atoms with van der Waals surface area (Å²) >= 11 is 0. The zero-order valence-electron chi connectivity index (χ0n) is 8.99. The summed E-state index contributed by atoms with van der Waals surface area (Å²) in [5.41, 5.74) is -0.233. The lowest BCUT2D eigenvalue weighted by molar-refractivity contribution is 0.438. The smallest absolute Gasteiger partial charge is 0.343 e. The van der Waals surface area contributed by atoms with Crippen LogP contribution in [-0.4, -0.2) is 0 Å². The van der Waals surface area contributed by atoms with Crippen LogP contribution in [-0.2, 0) is 6.42 Å². The van der Waals surface area contributed by atoms with E-state index in [0.717, 1.165) is 17.6 Å². The zero-order valence-corrected chi connectivity index (χ0v) is 8.99. The van der Waals surface area contributed by atoms with Crippen LogP contribution in [0, 0.1) is 5.92 Å². The molecule has 0 radical (unpaired) electrons. The van der Waals surface area contributed by atoms with Crippen LogP contribution in [0.4, 0.5) is 0 Å². The van der Waals surface area contributed by atoms with Gasteiger partial charge < -0.3 is 4.42 Å². The molecule has 2 heteroatoms. The predicted molar refractivity (Wildman–Crippen MR) is 61.0 cm³/mol. The van der Waals surface area contributed by atoms with E-state index >= 15 is 0 Å². The first-order valence-electron chi connectivity index (χ1n) is 5.18. The van der Waals surface area contributed by atoms with Crippen molar-refractivity contribution in [1.29, 1.82) is 0 Å². The molecule has 0 aliphatic rings. The van der Waals surface area contributed by atoms with Crippen molar-refractivity contribution >= 4 is 10.8 Å². The Morgan fingerprint density at radius 2 is 2.00 bits per heavy atom. The summed E-state index contributed by atoms with van der Waals surface area (Å²) in [6.07, 6.45) is 0.806. The Morgan fingerprint density at radius 3 is 2.73 bits per heavy atom. The van der Waals surface area contributed by atoms with Crippen LogP contribution in [0.5, 0.6) is 0 Å². The van der Waals surface area contributed by atoms with Gasteiger partial charge in [0.15, 0.2) is 0 Å². The monoisotopic (exact) mass is 202 g/mol. The Labute approximate surface area is 88.5 Å². The van der Waals surface area contributed by atoms with Gasteiger partial charge in [0.05, 0.1) is 5.39 Å². The standard InChI is InChI=1S/C13H14O2/c1-9(2)7-11-8-10-5-3-4-6-12(10)13(14)15-11/h3-6,8-9H,7H2,1-2H3. The molecule has 0 spiro atoms. The van der Waals surface area contributed by atoms with Crippen LogP contribution in [0.3, 0.4) is 0 Å². The largest absolute Gasteiger partial charge is 0.427 e. The molecule has 0 atom stereocenters. The maximum atomic E-state index is 11.6. The summed E-state index contributed by atoms with van der Waals surface area (Å²) in [5, 5.41) is 1.62. The second-order valence-electron chi connectivity index (χ2n) is 4.19. The number of fused-ring (bicyclic) bond motifs is 1. The first-order valence-corrected chi connectivity index (χ1v) is 5.18. The molecule has 0 fully saturated rings. The third kappa shape index (κ3) is 2.09. The fraction of sp³-hybridized carbons (Fsp3) is 0.308. The van der Waals surface area contributed by atoms with Gasteiger partial charge in [0.2, 0.25) is 0 Å². The van der Waals surface area contributed by atoms with E-state index in [0.29, 0.717) is 11.3 Å². The number of benzene rings is 1. The molecule has 0 aliphatic heterocycles. The summed E-state index contributed by atoms with van der Waals surface area (Å²) in [6, 6.07) is 9.47. The second-order valence-corrected chi connectivity index (χ2v) is 4.19. The minimum absolute atomic E-state index is 0.233. The molecular weight excluding hydrogens is 188 g/mol. The number of hydrogen-bond acceptors (Lipinski definition) is 2. The van der Waals surface area contributed by atoms with E-state index in [4.69, 9.17) is 4.42 Å². The second kappa shape index (κ2) is 3.89. The highest BCUT2D eigenvalue weighted by Gasteiger charge is 2.05. The van der Waals surface area contributed by atoms with Gasteiger partial charge in [0.25, 0.3) is 0 Å². The van der Waals surface area contributed by atoms with Crippen LogP contribution in [0.25, 0.3) is 10.8 Å². The maximum Gasteiger partial charge on any atom is 0.343 e. The Morgan fingerprint density at radius 1 is 1.27 bits per heavy atom. The zero-order chi connectivity index (χ0) is 10.8. The van der Waals surface area contributed by atoms with Crippen molar-refractivity contribution in [2.24, 2.45) is 5.92 Å². The molecule has 0 N–H and O–H groups in total. The van der Waals surface area contributed by atoms with Gasteiger partial charge in [-0.3, -0.25) is 0 Å². The van der Waals surface area contributed by atoms with Crippen LogP contribution < -0.4 is 5.63 Å². The quantitative estimate of drug-likeness (QED) is 0.749. The fourth-order valence-electron chi connectivity index (χ4n) is 1.69. The molecule has 1 aromatic carbocycles. The molecule has 1 aromatic heterocycles. The summed E-state index contributed by atoms with van der Waals surface area (Å²) in [6.45, 7) is 4.21. The number of rotatable bonds is 2. The molecule has 0 saturated heterocycles. The van der Waals surface area contributed by atoms with Crippen molar-refractivity contribution in [2.75, 3.05) is 0 Å². The van der Waals surface area contributed by atoms with E-state index < -0.39 is 0 Å². The Kier molecular flexibility index (Phi) is 2.58. The van der Waals surface area contributed by atoms with Crippen molar-refractivity contribution in [3.8, 4) is 0 Å². The summed E-state index contributed by atoms with van der Waals surface area (Å²) in [4.78, 5) is 11.6. The van der Waals surface area contributed by atoms with E-state index in [1.807, 2.05) is 24.3 Å². The lowest BCUT2D eigenvalue weighted by Crippen LogP contribution is -2.04. The van der Waals surface area contributed by atoms with E-state index in [-0.39, 0.29) is 5.63 Å². The van der Waals surface area contributed by atoms with Gasteiger partial charge in [-0.05, 0) is 23.4 Å². The van der Waals surface area contributed by atoms with Gasteiger partial charge >= 0.3 is 5.63 Å². The molecule has 1 heterocycles. The van der Waals surface area contributed by atoms with E-state index in [2.05, 4.69) is 13.8 Å². The summed E-state index contributed by atoms with van der Waals surface area (Å²) in [7, 11) is 0. The minimum atomic E-state index is -0.233. The fourth-order valence-corrected chi connectivity index (χ4v) is 1.69. The molecule has 15 heavy (non-hydrogen) atoms. The Hall–Kier alpha value is -1.57. The molecule has 0 unspecified atom stereocenters. The van der Waals surface area contributed by atoms with Crippen molar-refractivity contribution < 1.29 is 4.42 Å². The third-order valence-corrected chi connectivity index (χ3v) is 2.33. The Bertz CT molecular complexity index is 523. The molecule has 0 saturated carbocycles. The van der Waals surface area contributed by atoms with Gasteiger partial charge in [0.1, 0.15) is 5.76 Å². The SMILES string of the molecule is CC(C)Cc1cc2ccccc2c(=O)o1. The van der Waals surface area contributed by atoms with Crippen LogP contribution in [0.15, 0.2) is 39.5 Å². The first-order chi connectivity index (χ1) is 7.16. The highest BCUT2D eigenvalue weighted by atomic mass is 16.4. The van der Waals surface area contributed by atoms with Gasteiger partial charge in [-0.1, -0.05) is 32.0 Å². The summed E-state index contributed by atoms with van der Waals surface area (Å²) in [5.74, 6) is 1.27. The van der Waals surface area contributed by atoms with Gasteiger partial charge in [-0.2, -0.15) is 0 Å². The van der Waals surface area contributed by atoms with E-state index in [1.165, 1.54) is 0 Å². The third-order valence-electron chi connectivity index (χ3n) is 2.33. The van der Waals surface area contributed by atoms with Gasteiger partial charge in [-0.15, -0.1) is 0 Å². The van der Waals surface area contributed by atoms with Gasteiger partial charge in [-0.25, -0.2) is 4.79 Å². The average Bonchev–Trinajstić information content (AvgIpc) is 2.16. The van der Waals surface area contributed by atoms with E-state index in [9.17, 15) is 4.79 Å². The van der Waals surface area contributed by atoms with Crippen molar-refractivity contribution in [2.45, 2.75) is 20.3 Å². The van der Waals surface area contributed by atoms with Gasteiger partial charge in [0, 0.05) is 6.42 Å². The number of hydrogen-bond donors (Lipinski definition) is 0. The molecule has 2 nitrogen and oxygen atoms in total. The molecule has 0 amide bonds. The highest BCUT2D eigenvalue weighted by Crippen LogP contribution is 2.14. The summed E-state index contributed by atoms with van der Waals surface area (Å²) < 4.78 is 5.25. The Balaban J connectivity index is 2.57. The van der Waals surface area contributed by atoms with Crippen molar-refractivity contribution in [1.82, 2.24) is 0 Å². The van der Waals surface area contributed by atoms with Crippen LogP contribution in [0.1, 0.15) is 19.6 Å². The first kappa shape index (κ1) is 9.97. The molecule has 0 bridgehead atoms. The lowest BCUT2D eigenvalue weighted by atomic mass is 10.1. The molecule has 0 aliphatic carbocycles. The molecule has 2 aromatic rings. The van der Waals surface area contributed by atoms with Crippen molar-refractivity contribution in [3.05, 3.63) is 46.5 Å². The molecule has 78 valence electrons. The minimum Gasteiger partial charge on any atom is -0.427 e. The van der Waals surface area contributed by atoms with Crippen LogP contribution in [0.2, 0.25) is 0 Å². The lowest BCUT2D eigenvalue weighted by Gasteiger charge is -2.04.